The summed E-state index contributed by atoms with van der Waals surface area (Å²) < 4.78 is 141. The first-order valence-corrected chi connectivity index (χ1v) is 3.72. The summed E-state index contributed by atoms with van der Waals surface area (Å²) in [6.45, 7) is 0. The van der Waals surface area contributed by atoms with Gasteiger partial charge in [-0.2, -0.15) is 52.7 Å². The first kappa shape index (κ1) is 20.5. The molecule has 19 heavy (non-hydrogen) atoms. The molecule has 0 bridgehead atoms. The van der Waals surface area contributed by atoms with Crippen molar-refractivity contribution in [2.75, 3.05) is 0 Å². The lowest BCUT2D eigenvalue weighted by atomic mass is 10.0. The predicted octanol–water partition coefficient (Wildman–Crippen LogP) is 5.04. The van der Waals surface area contributed by atoms with Gasteiger partial charge in [0.05, 0.1) is 6.42 Å². The lowest BCUT2D eigenvalue weighted by molar-refractivity contribution is -0.377. The van der Waals surface area contributed by atoms with Crippen LogP contribution in [0.5, 0.6) is 0 Å². The van der Waals surface area contributed by atoms with Crippen molar-refractivity contribution < 1.29 is 52.7 Å². The maximum Gasteiger partial charge on any atom is 0.459 e. The Morgan fingerprint density at radius 3 is 1.00 bits per heavy atom. The van der Waals surface area contributed by atoms with Crippen molar-refractivity contribution in [3.8, 4) is 0 Å². The maximum atomic E-state index is 12.3. The SMILES string of the molecule is C.FC(F)(F)C(F)(F)CC(F)(F)C(F)(F)C(F)(F)F. The molecule has 0 aliphatic carbocycles. The van der Waals surface area contributed by atoms with Crippen molar-refractivity contribution in [2.45, 2.75) is 44.0 Å². The monoisotopic (exact) mass is 318 g/mol. The van der Waals surface area contributed by atoms with Gasteiger partial charge in [-0.25, -0.2) is 0 Å². The minimum atomic E-state index is -7.01. The Balaban J connectivity index is 0. The third kappa shape index (κ3) is 3.81. The highest BCUT2D eigenvalue weighted by Crippen LogP contribution is 2.52. The molecule has 0 unspecified atom stereocenters. The molecule has 0 N–H and O–H groups in total. The van der Waals surface area contributed by atoms with E-state index >= 15 is 0 Å². The van der Waals surface area contributed by atoms with Crippen molar-refractivity contribution >= 4 is 0 Å². The van der Waals surface area contributed by atoms with Crippen molar-refractivity contribution in [3.63, 3.8) is 0 Å². The molecular weight excluding hydrogens is 312 g/mol. The molecule has 0 nitrogen and oxygen atoms in total. The van der Waals surface area contributed by atoms with Crippen LogP contribution in [0, 0.1) is 0 Å². The van der Waals surface area contributed by atoms with Gasteiger partial charge in [-0.15, -0.1) is 0 Å². The second-order valence-electron chi connectivity index (χ2n) is 3.16. The maximum absolute atomic E-state index is 12.3. The molecular formula is C7H6F12. The molecule has 0 aliphatic rings. The predicted molar refractivity (Wildman–Crippen MR) is 38.3 cm³/mol. The van der Waals surface area contributed by atoms with Gasteiger partial charge >= 0.3 is 30.1 Å². The molecule has 0 radical (unpaired) electrons. The highest BCUT2D eigenvalue weighted by Gasteiger charge is 2.76. The quantitative estimate of drug-likeness (QED) is 0.639. The second-order valence-corrected chi connectivity index (χ2v) is 3.16. The number of hydrogen-bond donors (Lipinski definition) is 0. The summed E-state index contributed by atoms with van der Waals surface area (Å²) in [5.41, 5.74) is 0. The van der Waals surface area contributed by atoms with Crippen LogP contribution in [0.1, 0.15) is 13.8 Å². The molecule has 0 spiro atoms. The van der Waals surface area contributed by atoms with Crippen LogP contribution < -0.4 is 0 Å². The molecule has 0 saturated carbocycles. The van der Waals surface area contributed by atoms with Crippen LogP contribution in [0.4, 0.5) is 52.7 Å². The van der Waals surface area contributed by atoms with E-state index in [0.29, 0.717) is 0 Å². The summed E-state index contributed by atoms with van der Waals surface area (Å²) in [5, 5.41) is 0. The van der Waals surface area contributed by atoms with Crippen LogP contribution >= 0.6 is 0 Å². The van der Waals surface area contributed by atoms with Gasteiger partial charge in [0.25, 0.3) is 0 Å². The molecule has 0 aliphatic heterocycles. The van der Waals surface area contributed by atoms with E-state index < -0.39 is 36.5 Å². The Kier molecular flexibility index (Phi) is 5.31. The molecule has 0 saturated heterocycles. The van der Waals surface area contributed by atoms with Crippen molar-refractivity contribution in [1.29, 1.82) is 0 Å². The molecule has 12 heteroatoms. The third-order valence-electron chi connectivity index (χ3n) is 1.67. The summed E-state index contributed by atoms with van der Waals surface area (Å²) in [5.74, 6) is -20.0. The Bertz CT molecular complexity index is 294. The molecule has 0 aromatic heterocycles. The van der Waals surface area contributed by atoms with Gasteiger partial charge in [0, 0.05) is 0 Å². The van der Waals surface area contributed by atoms with Gasteiger partial charge < -0.3 is 0 Å². The average Bonchev–Trinajstić information content (AvgIpc) is 1.96. The standard InChI is InChI=1S/C6H2F12.CH4/c7-2(8,4(11,12)6(16,17)18)1-3(9,10)5(13,14)15;/h1H2;1H4. The number of hydrogen-bond acceptors (Lipinski definition) is 0. The van der Waals surface area contributed by atoms with Crippen LogP contribution in [0.3, 0.4) is 0 Å². The van der Waals surface area contributed by atoms with Crippen LogP contribution in [-0.2, 0) is 0 Å². The summed E-state index contributed by atoms with van der Waals surface area (Å²) in [6, 6.07) is 0. The lowest BCUT2D eigenvalue weighted by Gasteiger charge is -2.31. The van der Waals surface area contributed by atoms with E-state index in [1.165, 1.54) is 0 Å². The zero-order valence-electron chi connectivity index (χ0n) is 7.74. The number of rotatable bonds is 3. The fourth-order valence-corrected chi connectivity index (χ4v) is 0.697. The van der Waals surface area contributed by atoms with E-state index in [9.17, 15) is 52.7 Å². The van der Waals surface area contributed by atoms with Gasteiger partial charge in [0.2, 0.25) is 0 Å². The zero-order valence-corrected chi connectivity index (χ0v) is 7.74. The summed E-state index contributed by atoms with van der Waals surface area (Å²) in [7, 11) is 0. The Morgan fingerprint density at radius 1 is 0.474 bits per heavy atom. The lowest BCUT2D eigenvalue weighted by Crippen LogP contribution is -2.56. The first-order chi connectivity index (χ1) is 7.46. The van der Waals surface area contributed by atoms with E-state index in [-0.39, 0.29) is 7.43 Å². The number of halogens is 12. The first-order valence-electron chi connectivity index (χ1n) is 3.72. The summed E-state index contributed by atoms with van der Waals surface area (Å²) >= 11 is 0. The van der Waals surface area contributed by atoms with Gasteiger partial charge in [0.15, 0.2) is 0 Å². The molecule has 0 aromatic carbocycles. The van der Waals surface area contributed by atoms with E-state index in [1.807, 2.05) is 0 Å². The third-order valence-corrected chi connectivity index (χ3v) is 1.67. The minimum absolute atomic E-state index is 0. The molecule has 0 rings (SSSR count). The van der Waals surface area contributed by atoms with Crippen molar-refractivity contribution in [3.05, 3.63) is 0 Å². The van der Waals surface area contributed by atoms with Crippen molar-refractivity contribution in [2.24, 2.45) is 0 Å². The molecule has 0 heterocycles. The zero-order chi connectivity index (χ0) is 15.2. The number of alkyl halides is 12. The van der Waals surface area contributed by atoms with Crippen LogP contribution in [0.25, 0.3) is 0 Å². The fourth-order valence-electron chi connectivity index (χ4n) is 0.697. The largest absolute Gasteiger partial charge is 0.459 e. The van der Waals surface area contributed by atoms with Gasteiger partial charge in [0.1, 0.15) is 0 Å². The molecule has 118 valence electrons. The van der Waals surface area contributed by atoms with E-state index in [4.69, 9.17) is 0 Å². The minimum Gasteiger partial charge on any atom is -0.199 e. The second kappa shape index (κ2) is 4.93. The smallest absolute Gasteiger partial charge is 0.199 e. The highest BCUT2D eigenvalue weighted by atomic mass is 19.4. The van der Waals surface area contributed by atoms with Crippen LogP contribution in [0.2, 0.25) is 0 Å². The molecule has 0 fully saturated rings. The Labute approximate surface area is 97.9 Å². The molecule has 0 amide bonds. The summed E-state index contributed by atoms with van der Waals surface area (Å²) in [6.07, 6.45) is -17.6. The average molecular weight is 318 g/mol. The molecule has 0 atom stereocenters. The van der Waals surface area contributed by atoms with Crippen LogP contribution in [-0.4, -0.2) is 30.1 Å². The van der Waals surface area contributed by atoms with E-state index in [0.717, 1.165) is 0 Å². The fraction of sp³-hybridized carbons (Fsp3) is 1.00. The Hall–Kier alpha value is -0.840. The normalized spacial score (nSPS) is 15.2. The highest BCUT2D eigenvalue weighted by molar-refractivity contribution is 4.96. The Morgan fingerprint density at radius 2 is 0.789 bits per heavy atom. The van der Waals surface area contributed by atoms with Crippen LogP contribution in [0.15, 0.2) is 0 Å². The molecule has 0 aromatic rings. The summed E-state index contributed by atoms with van der Waals surface area (Å²) in [4.78, 5) is 0. The van der Waals surface area contributed by atoms with Gasteiger partial charge in [-0.05, 0) is 0 Å². The van der Waals surface area contributed by atoms with E-state index in [1.54, 1.807) is 0 Å². The van der Waals surface area contributed by atoms with Gasteiger partial charge in [-0.3, -0.25) is 0 Å². The van der Waals surface area contributed by atoms with Gasteiger partial charge in [-0.1, -0.05) is 7.43 Å². The van der Waals surface area contributed by atoms with Crippen molar-refractivity contribution in [1.82, 2.24) is 0 Å². The topological polar surface area (TPSA) is 0 Å². The van der Waals surface area contributed by atoms with E-state index in [2.05, 4.69) is 0 Å².